The molecule has 0 atom stereocenters. The van der Waals surface area contributed by atoms with Crippen LogP contribution in [-0.2, 0) is 12.0 Å². The van der Waals surface area contributed by atoms with Crippen LogP contribution in [0.3, 0.4) is 0 Å². The Kier molecular flexibility index (Phi) is 5.08. The molecule has 0 aliphatic carbocycles. The molecule has 2 aromatic rings. The normalized spacial score (nSPS) is 11.7. The largest absolute Gasteiger partial charge is 0.316 e. The molecule has 0 saturated heterocycles. The first-order valence-electron chi connectivity index (χ1n) is 7.52. The van der Waals surface area contributed by atoms with Gasteiger partial charge in [-0.1, -0.05) is 62.7 Å². The third kappa shape index (κ3) is 3.66. The average Bonchev–Trinajstić information content (AvgIpc) is 2.49. The van der Waals surface area contributed by atoms with Crippen LogP contribution in [0.15, 0.2) is 42.5 Å². The molecule has 21 heavy (non-hydrogen) atoms. The van der Waals surface area contributed by atoms with Gasteiger partial charge in [-0.25, -0.2) is 0 Å². The van der Waals surface area contributed by atoms with E-state index in [9.17, 15) is 0 Å². The van der Waals surface area contributed by atoms with Gasteiger partial charge in [0, 0.05) is 11.6 Å². The van der Waals surface area contributed by atoms with E-state index in [4.69, 9.17) is 11.6 Å². The van der Waals surface area contributed by atoms with Gasteiger partial charge in [-0.3, -0.25) is 0 Å². The Morgan fingerprint density at radius 1 is 1.05 bits per heavy atom. The lowest BCUT2D eigenvalue weighted by molar-refractivity contribution is 0.506. The van der Waals surface area contributed by atoms with Crippen LogP contribution >= 0.6 is 11.6 Å². The topological polar surface area (TPSA) is 12.0 Å². The zero-order valence-electron chi connectivity index (χ0n) is 13.3. The van der Waals surface area contributed by atoms with E-state index in [1.165, 1.54) is 22.3 Å². The molecule has 0 bridgehead atoms. The number of nitrogens with one attached hydrogen (secondary N) is 1. The van der Waals surface area contributed by atoms with Gasteiger partial charge < -0.3 is 5.32 Å². The van der Waals surface area contributed by atoms with E-state index in [-0.39, 0.29) is 5.41 Å². The van der Waals surface area contributed by atoms with Gasteiger partial charge in [0.1, 0.15) is 0 Å². The summed E-state index contributed by atoms with van der Waals surface area (Å²) in [5, 5.41) is 4.00. The summed E-state index contributed by atoms with van der Waals surface area (Å²) in [6, 6.07) is 15.0. The SMILES string of the molecule is CCC(C)(C)c1ccc(-c2cc(Cl)ccc2CNC)cc1. The fourth-order valence-electron chi connectivity index (χ4n) is 2.47. The van der Waals surface area contributed by atoms with Crippen molar-refractivity contribution in [2.24, 2.45) is 0 Å². The summed E-state index contributed by atoms with van der Waals surface area (Å²) in [4.78, 5) is 0. The summed E-state index contributed by atoms with van der Waals surface area (Å²) < 4.78 is 0. The molecule has 0 fully saturated rings. The maximum absolute atomic E-state index is 6.17. The van der Waals surface area contributed by atoms with E-state index in [0.717, 1.165) is 18.0 Å². The third-order valence-electron chi connectivity index (χ3n) is 4.30. The molecule has 0 heterocycles. The van der Waals surface area contributed by atoms with Crippen LogP contribution in [0.25, 0.3) is 11.1 Å². The van der Waals surface area contributed by atoms with E-state index in [2.05, 4.69) is 56.4 Å². The van der Waals surface area contributed by atoms with E-state index in [1.807, 2.05) is 19.2 Å². The second kappa shape index (κ2) is 6.64. The Morgan fingerprint density at radius 3 is 2.29 bits per heavy atom. The van der Waals surface area contributed by atoms with Crippen LogP contribution in [0.5, 0.6) is 0 Å². The zero-order valence-corrected chi connectivity index (χ0v) is 14.1. The van der Waals surface area contributed by atoms with Crippen molar-refractivity contribution in [3.05, 3.63) is 58.6 Å². The zero-order chi connectivity index (χ0) is 15.5. The van der Waals surface area contributed by atoms with Gasteiger partial charge in [0.15, 0.2) is 0 Å². The molecule has 112 valence electrons. The first-order chi connectivity index (χ1) is 9.97. The summed E-state index contributed by atoms with van der Waals surface area (Å²) >= 11 is 6.17. The predicted molar refractivity (Wildman–Crippen MR) is 93.0 cm³/mol. The van der Waals surface area contributed by atoms with Crippen molar-refractivity contribution in [1.29, 1.82) is 0 Å². The maximum Gasteiger partial charge on any atom is 0.0412 e. The van der Waals surface area contributed by atoms with Gasteiger partial charge in [0.2, 0.25) is 0 Å². The van der Waals surface area contributed by atoms with E-state index >= 15 is 0 Å². The van der Waals surface area contributed by atoms with Crippen LogP contribution in [0.2, 0.25) is 5.02 Å². The Labute approximate surface area is 133 Å². The van der Waals surface area contributed by atoms with Crippen molar-refractivity contribution >= 4 is 11.6 Å². The quantitative estimate of drug-likeness (QED) is 0.778. The van der Waals surface area contributed by atoms with Gasteiger partial charge >= 0.3 is 0 Å². The number of halogens is 1. The van der Waals surface area contributed by atoms with Crippen LogP contribution in [0, 0.1) is 0 Å². The molecular formula is C19H24ClN. The van der Waals surface area contributed by atoms with Gasteiger partial charge in [0.05, 0.1) is 0 Å². The van der Waals surface area contributed by atoms with Crippen molar-refractivity contribution in [3.63, 3.8) is 0 Å². The van der Waals surface area contributed by atoms with Gasteiger partial charge in [-0.05, 0) is 53.3 Å². The van der Waals surface area contributed by atoms with Gasteiger partial charge in [0.25, 0.3) is 0 Å². The monoisotopic (exact) mass is 301 g/mol. The smallest absolute Gasteiger partial charge is 0.0412 e. The molecule has 1 N–H and O–H groups in total. The van der Waals surface area contributed by atoms with E-state index < -0.39 is 0 Å². The van der Waals surface area contributed by atoms with E-state index in [1.54, 1.807) is 0 Å². The minimum absolute atomic E-state index is 0.223. The first kappa shape index (κ1) is 16.1. The summed E-state index contributed by atoms with van der Waals surface area (Å²) in [6.45, 7) is 7.65. The van der Waals surface area contributed by atoms with Crippen molar-refractivity contribution in [3.8, 4) is 11.1 Å². The second-order valence-electron chi connectivity index (χ2n) is 6.15. The summed E-state index contributed by atoms with van der Waals surface area (Å²) in [5.74, 6) is 0. The molecule has 1 nitrogen and oxygen atoms in total. The molecule has 0 radical (unpaired) electrons. The fraction of sp³-hybridized carbons (Fsp3) is 0.368. The molecule has 0 amide bonds. The van der Waals surface area contributed by atoms with Crippen LogP contribution in [0.4, 0.5) is 0 Å². The molecule has 2 heteroatoms. The lowest BCUT2D eigenvalue weighted by Gasteiger charge is -2.23. The second-order valence-corrected chi connectivity index (χ2v) is 6.58. The van der Waals surface area contributed by atoms with Crippen LogP contribution < -0.4 is 5.32 Å². The van der Waals surface area contributed by atoms with Crippen molar-refractivity contribution in [2.45, 2.75) is 39.2 Å². The summed E-state index contributed by atoms with van der Waals surface area (Å²) in [5.41, 5.74) is 5.30. The lowest BCUT2D eigenvalue weighted by atomic mass is 9.81. The molecule has 0 aromatic heterocycles. The highest BCUT2D eigenvalue weighted by Crippen LogP contribution is 2.31. The Hall–Kier alpha value is -1.31. The molecule has 0 spiro atoms. The summed E-state index contributed by atoms with van der Waals surface area (Å²) in [6.07, 6.45) is 1.13. The fourth-order valence-corrected chi connectivity index (χ4v) is 2.64. The van der Waals surface area contributed by atoms with Crippen LogP contribution in [-0.4, -0.2) is 7.05 Å². The number of rotatable bonds is 5. The molecule has 0 unspecified atom stereocenters. The highest BCUT2D eigenvalue weighted by atomic mass is 35.5. The molecular weight excluding hydrogens is 278 g/mol. The Balaban J connectivity index is 2.41. The number of hydrogen-bond acceptors (Lipinski definition) is 1. The highest BCUT2D eigenvalue weighted by molar-refractivity contribution is 6.30. The third-order valence-corrected chi connectivity index (χ3v) is 4.54. The molecule has 2 rings (SSSR count). The van der Waals surface area contributed by atoms with Gasteiger partial charge in [-0.15, -0.1) is 0 Å². The van der Waals surface area contributed by atoms with Gasteiger partial charge in [-0.2, -0.15) is 0 Å². The minimum Gasteiger partial charge on any atom is -0.316 e. The van der Waals surface area contributed by atoms with Crippen LogP contribution in [0.1, 0.15) is 38.3 Å². The molecule has 0 saturated carbocycles. The molecule has 2 aromatic carbocycles. The van der Waals surface area contributed by atoms with Crippen molar-refractivity contribution in [2.75, 3.05) is 7.05 Å². The highest BCUT2D eigenvalue weighted by Gasteiger charge is 2.17. The average molecular weight is 302 g/mol. The maximum atomic E-state index is 6.17. The van der Waals surface area contributed by atoms with Crippen molar-refractivity contribution in [1.82, 2.24) is 5.32 Å². The number of benzene rings is 2. The number of hydrogen-bond donors (Lipinski definition) is 1. The first-order valence-corrected chi connectivity index (χ1v) is 7.89. The Morgan fingerprint density at radius 2 is 1.71 bits per heavy atom. The standard InChI is InChI=1S/C19H24ClN/c1-5-19(2,3)16-9-6-14(7-10-16)18-12-17(20)11-8-15(18)13-21-4/h6-12,21H,5,13H2,1-4H3. The molecule has 0 aliphatic heterocycles. The predicted octanol–water partition coefficient (Wildman–Crippen LogP) is 5.41. The van der Waals surface area contributed by atoms with E-state index in [0.29, 0.717) is 0 Å². The summed E-state index contributed by atoms with van der Waals surface area (Å²) in [7, 11) is 1.96. The molecule has 0 aliphatic rings. The lowest BCUT2D eigenvalue weighted by Crippen LogP contribution is -2.15. The van der Waals surface area contributed by atoms with Crippen molar-refractivity contribution < 1.29 is 0 Å². The Bertz CT molecular complexity index is 599. The minimum atomic E-state index is 0.223.